The summed E-state index contributed by atoms with van der Waals surface area (Å²) in [6.07, 6.45) is 2.79. The standard InChI is InChI=1S/C22H22N2O6/c25-20(14-29-17-5-3-15-4-6-21(26)30-19(15)12-17)24-9-7-16(8-10-24)22(27)23-13-18-2-1-11-28-18/h1-6,11-12,16H,7-10,13-14H2,(H,23,27). The van der Waals surface area contributed by atoms with Crippen LogP contribution in [0.25, 0.3) is 11.0 Å². The monoisotopic (exact) mass is 410 g/mol. The van der Waals surface area contributed by atoms with E-state index in [0.29, 0.717) is 49.6 Å². The molecule has 8 nitrogen and oxygen atoms in total. The Labute approximate surface area is 172 Å². The summed E-state index contributed by atoms with van der Waals surface area (Å²) in [6, 6.07) is 11.7. The summed E-state index contributed by atoms with van der Waals surface area (Å²) >= 11 is 0. The Morgan fingerprint density at radius 2 is 1.93 bits per heavy atom. The average Bonchev–Trinajstić information content (AvgIpc) is 3.29. The molecule has 3 heterocycles. The van der Waals surface area contributed by atoms with Crippen molar-refractivity contribution in [2.24, 2.45) is 5.92 Å². The van der Waals surface area contributed by atoms with Crippen molar-refractivity contribution in [1.82, 2.24) is 10.2 Å². The maximum atomic E-state index is 12.5. The summed E-state index contributed by atoms with van der Waals surface area (Å²) in [5, 5.41) is 3.65. The van der Waals surface area contributed by atoms with Gasteiger partial charge in [-0.3, -0.25) is 9.59 Å². The van der Waals surface area contributed by atoms with Gasteiger partial charge < -0.3 is 23.8 Å². The van der Waals surface area contributed by atoms with E-state index in [0.717, 1.165) is 5.39 Å². The molecule has 0 radical (unpaired) electrons. The number of nitrogens with one attached hydrogen (secondary N) is 1. The summed E-state index contributed by atoms with van der Waals surface area (Å²) in [5.41, 5.74) is -0.0272. The van der Waals surface area contributed by atoms with Crippen LogP contribution in [0.2, 0.25) is 0 Å². The Morgan fingerprint density at radius 3 is 2.70 bits per heavy atom. The fourth-order valence-electron chi connectivity index (χ4n) is 3.49. The molecule has 156 valence electrons. The highest BCUT2D eigenvalue weighted by molar-refractivity contribution is 5.81. The van der Waals surface area contributed by atoms with Crippen molar-refractivity contribution in [3.63, 3.8) is 0 Å². The quantitative estimate of drug-likeness (QED) is 0.626. The van der Waals surface area contributed by atoms with Gasteiger partial charge in [0.1, 0.15) is 17.1 Å². The van der Waals surface area contributed by atoms with Crippen molar-refractivity contribution in [2.45, 2.75) is 19.4 Å². The van der Waals surface area contributed by atoms with Gasteiger partial charge in [0.05, 0.1) is 12.8 Å². The van der Waals surface area contributed by atoms with Gasteiger partial charge in [-0.25, -0.2) is 4.79 Å². The van der Waals surface area contributed by atoms with Crippen LogP contribution in [0.3, 0.4) is 0 Å². The van der Waals surface area contributed by atoms with Crippen molar-refractivity contribution in [3.05, 3.63) is 64.9 Å². The SMILES string of the molecule is O=C(NCc1ccco1)C1CCN(C(=O)COc2ccc3ccc(=O)oc3c2)CC1. The highest BCUT2D eigenvalue weighted by Gasteiger charge is 2.27. The largest absolute Gasteiger partial charge is 0.484 e. The van der Waals surface area contributed by atoms with Gasteiger partial charge in [0.25, 0.3) is 5.91 Å². The van der Waals surface area contributed by atoms with Crippen molar-refractivity contribution < 1.29 is 23.2 Å². The predicted octanol–water partition coefficient (Wildman–Crippen LogP) is 2.32. The first kappa shape index (κ1) is 19.8. The molecule has 0 atom stereocenters. The normalized spacial score (nSPS) is 14.6. The van der Waals surface area contributed by atoms with Gasteiger partial charge in [0.2, 0.25) is 5.91 Å². The third-order valence-corrected chi connectivity index (χ3v) is 5.19. The van der Waals surface area contributed by atoms with Crippen LogP contribution in [0.15, 0.2) is 62.4 Å². The number of carbonyl (C=O) groups excluding carboxylic acids is 2. The fraction of sp³-hybridized carbons (Fsp3) is 0.318. The van der Waals surface area contributed by atoms with E-state index in [4.69, 9.17) is 13.6 Å². The molecule has 8 heteroatoms. The second-order valence-corrected chi connectivity index (χ2v) is 7.19. The van der Waals surface area contributed by atoms with Crippen LogP contribution in [-0.2, 0) is 16.1 Å². The lowest BCUT2D eigenvalue weighted by Crippen LogP contribution is -2.44. The Morgan fingerprint density at radius 1 is 1.13 bits per heavy atom. The number of rotatable bonds is 6. The molecule has 0 unspecified atom stereocenters. The minimum Gasteiger partial charge on any atom is -0.484 e. The van der Waals surface area contributed by atoms with E-state index in [9.17, 15) is 14.4 Å². The lowest BCUT2D eigenvalue weighted by molar-refractivity contribution is -0.137. The van der Waals surface area contributed by atoms with Crippen LogP contribution >= 0.6 is 0 Å². The summed E-state index contributed by atoms with van der Waals surface area (Å²) < 4.78 is 15.9. The van der Waals surface area contributed by atoms with E-state index in [1.165, 1.54) is 6.07 Å². The fourth-order valence-corrected chi connectivity index (χ4v) is 3.49. The van der Waals surface area contributed by atoms with Crippen molar-refractivity contribution in [3.8, 4) is 5.75 Å². The summed E-state index contributed by atoms with van der Waals surface area (Å²) in [5.74, 6) is 0.887. The van der Waals surface area contributed by atoms with E-state index in [-0.39, 0.29) is 24.3 Å². The zero-order valence-corrected chi connectivity index (χ0v) is 16.3. The first-order chi connectivity index (χ1) is 14.6. The number of ether oxygens (including phenoxy) is 1. The van der Waals surface area contributed by atoms with Crippen LogP contribution < -0.4 is 15.7 Å². The lowest BCUT2D eigenvalue weighted by atomic mass is 9.96. The smallest absolute Gasteiger partial charge is 0.336 e. The molecule has 1 aliphatic heterocycles. The van der Waals surface area contributed by atoms with Gasteiger partial charge in [0, 0.05) is 36.5 Å². The molecule has 0 aliphatic carbocycles. The summed E-state index contributed by atoms with van der Waals surface area (Å²) in [6.45, 7) is 1.27. The second-order valence-electron chi connectivity index (χ2n) is 7.19. The third kappa shape index (κ3) is 4.71. The van der Waals surface area contributed by atoms with Gasteiger partial charge >= 0.3 is 5.63 Å². The molecule has 30 heavy (non-hydrogen) atoms. The van der Waals surface area contributed by atoms with E-state index in [1.54, 1.807) is 41.5 Å². The Kier molecular flexibility index (Phi) is 5.83. The molecule has 1 fully saturated rings. The van der Waals surface area contributed by atoms with Crippen molar-refractivity contribution in [2.75, 3.05) is 19.7 Å². The van der Waals surface area contributed by atoms with Gasteiger partial charge in [-0.05, 0) is 43.2 Å². The number of nitrogens with zero attached hydrogens (tertiary/aromatic N) is 1. The number of amides is 2. The molecule has 1 aliphatic rings. The molecule has 3 aromatic rings. The molecule has 4 rings (SSSR count). The van der Waals surface area contributed by atoms with Gasteiger partial charge in [-0.1, -0.05) is 0 Å². The molecule has 0 bridgehead atoms. The molecule has 0 spiro atoms. The predicted molar refractivity (Wildman–Crippen MR) is 108 cm³/mol. The number of furan rings is 1. The Bertz CT molecular complexity index is 1080. The number of fused-ring (bicyclic) bond motifs is 1. The van der Waals surface area contributed by atoms with E-state index < -0.39 is 5.63 Å². The van der Waals surface area contributed by atoms with Crippen LogP contribution in [0.4, 0.5) is 0 Å². The number of carbonyl (C=O) groups is 2. The van der Waals surface area contributed by atoms with Crippen LogP contribution in [0.1, 0.15) is 18.6 Å². The van der Waals surface area contributed by atoms with E-state index >= 15 is 0 Å². The van der Waals surface area contributed by atoms with Crippen LogP contribution in [0, 0.1) is 5.92 Å². The number of hydrogen-bond donors (Lipinski definition) is 1. The molecular weight excluding hydrogens is 388 g/mol. The zero-order valence-electron chi connectivity index (χ0n) is 16.3. The topological polar surface area (TPSA) is 102 Å². The van der Waals surface area contributed by atoms with Gasteiger partial charge in [0.15, 0.2) is 6.61 Å². The highest BCUT2D eigenvalue weighted by Crippen LogP contribution is 2.21. The maximum Gasteiger partial charge on any atom is 0.336 e. The van der Waals surface area contributed by atoms with E-state index in [2.05, 4.69) is 5.32 Å². The number of likely N-dealkylation sites (tertiary alicyclic amines) is 1. The number of piperidine rings is 1. The molecule has 2 aromatic heterocycles. The van der Waals surface area contributed by atoms with Crippen molar-refractivity contribution >= 4 is 22.8 Å². The average molecular weight is 410 g/mol. The van der Waals surface area contributed by atoms with Crippen molar-refractivity contribution in [1.29, 1.82) is 0 Å². The molecule has 1 saturated heterocycles. The van der Waals surface area contributed by atoms with Crippen LogP contribution in [0.5, 0.6) is 5.75 Å². The first-order valence-electron chi connectivity index (χ1n) is 9.83. The molecule has 0 saturated carbocycles. The van der Waals surface area contributed by atoms with Crippen LogP contribution in [-0.4, -0.2) is 36.4 Å². The third-order valence-electron chi connectivity index (χ3n) is 5.19. The minimum atomic E-state index is -0.438. The maximum absolute atomic E-state index is 12.5. The number of hydrogen-bond acceptors (Lipinski definition) is 6. The first-order valence-corrected chi connectivity index (χ1v) is 9.83. The molecule has 1 aromatic carbocycles. The zero-order chi connectivity index (χ0) is 20.9. The van der Waals surface area contributed by atoms with Gasteiger partial charge in [-0.15, -0.1) is 0 Å². The Hall–Kier alpha value is -3.55. The van der Waals surface area contributed by atoms with Gasteiger partial charge in [-0.2, -0.15) is 0 Å². The second kappa shape index (κ2) is 8.86. The minimum absolute atomic E-state index is 0.0209. The molecule has 2 amide bonds. The number of benzene rings is 1. The van der Waals surface area contributed by atoms with E-state index in [1.807, 2.05) is 6.07 Å². The summed E-state index contributed by atoms with van der Waals surface area (Å²) in [7, 11) is 0. The Balaban J connectivity index is 1.24. The lowest BCUT2D eigenvalue weighted by Gasteiger charge is -2.31. The highest BCUT2D eigenvalue weighted by atomic mass is 16.5. The summed E-state index contributed by atoms with van der Waals surface area (Å²) in [4.78, 5) is 37.8. The molecular formula is C22H22N2O6. The molecule has 1 N–H and O–H groups in total.